The molecule has 0 N–H and O–H groups in total. The van der Waals surface area contributed by atoms with Crippen LogP contribution in [-0.4, -0.2) is 18.8 Å². The molecule has 1 aromatic heterocycles. The van der Waals surface area contributed by atoms with Crippen molar-refractivity contribution in [2.24, 2.45) is 0 Å². The van der Waals surface area contributed by atoms with E-state index in [1.165, 1.54) is 17.3 Å². The smallest absolute Gasteiger partial charge is 0.374 e. The molecule has 0 saturated heterocycles. The lowest BCUT2D eigenvalue weighted by Gasteiger charge is -2.02. The van der Waals surface area contributed by atoms with Gasteiger partial charge in [0.05, 0.1) is 6.61 Å². The third-order valence-corrected chi connectivity index (χ3v) is 3.97. The molecule has 2 aromatic rings. The fourth-order valence-electron chi connectivity index (χ4n) is 2.50. The Kier molecular flexibility index (Phi) is 3.11. The lowest BCUT2D eigenvalue weighted by Crippen LogP contribution is -2.04. The second-order valence-corrected chi connectivity index (χ2v) is 5.11. The summed E-state index contributed by atoms with van der Waals surface area (Å²) in [5, 5.41) is 0.814. The number of esters is 1. The van der Waals surface area contributed by atoms with Crippen LogP contribution < -0.4 is 0 Å². The van der Waals surface area contributed by atoms with Crippen molar-refractivity contribution >= 4 is 17.7 Å². The number of hydrogen-bond acceptors (Lipinski definition) is 4. The molecule has 0 spiro atoms. The minimum atomic E-state index is -0.379. The van der Waals surface area contributed by atoms with Crippen LogP contribution in [0, 0.1) is 0 Å². The molecule has 1 heterocycles. The van der Waals surface area contributed by atoms with Gasteiger partial charge in [-0.2, -0.15) is 0 Å². The van der Waals surface area contributed by atoms with Gasteiger partial charge in [0.1, 0.15) is 0 Å². The quantitative estimate of drug-likeness (QED) is 0.538. The second-order valence-electron chi connectivity index (χ2n) is 4.33. The second kappa shape index (κ2) is 4.78. The number of carbonyl (C=O) groups is 1. The van der Waals surface area contributed by atoms with Crippen molar-refractivity contribution < 1.29 is 13.9 Å². The maximum Gasteiger partial charge on any atom is 0.374 e. The highest BCUT2D eigenvalue weighted by Gasteiger charge is 2.32. The van der Waals surface area contributed by atoms with Gasteiger partial charge in [-0.05, 0) is 24.3 Å². The first-order valence-electron chi connectivity index (χ1n) is 6.21. The molecule has 0 saturated carbocycles. The fourth-order valence-corrected chi connectivity index (χ4v) is 3.09. The molecule has 0 aliphatic heterocycles. The molecule has 3 rings (SSSR count). The molecule has 3 nitrogen and oxygen atoms in total. The maximum absolute atomic E-state index is 12.0. The van der Waals surface area contributed by atoms with Crippen molar-refractivity contribution in [3.05, 3.63) is 41.2 Å². The molecule has 98 valence electrons. The molecule has 0 fully saturated rings. The number of fused-ring (bicyclic) bond motifs is 3. The van der Waals surface area contributed by atoms with E-state index in [1.807, 2.05) is 24.5 Å². The van der Waals surface area contributed by atoms with Gasteiger partial charge in [-0.25, -0.2) is 4.79 Å². The minimum absolute atomic E-state index is 0.339. The van der Waals surface area contributed by atoms with E-state index in [0.717, 1.165) is 28.2 Å². The van der Waals surface area contributed by atoms with E-state index in [1.54, 1.807) is 6.92 Å². The van der Waals surface area contributed by atoms with Crippen LogP contribution in [0.25, 0.3) is 11.1 Å². The van der Waals surface area contributed by atoms with Gasteiger partial charge in [-0.15, -0.1) is 0 Å². The van der Waals surface area contributed by atoms with Crippen LogP contribution in [0.4, 0.5) is 0 Å². The number of rotatable bonds is 3. The van der Waals surface area contributed by atoms with Crippen molar-refractivity contribution in [2.75, 3.05) is 12.9 Å². The zero-order chi connectivity index (χ0) is 13.4. The Morgan fingerprint density at radius 2 is 2.21 bits per heavy atom. The molecule has 4 heteroatoms. The molecule has 1 aliphatic carbocycles. The standard InChI is InChI=1S/C15H14O3S/c1-3-17-14(16)13-12-10-7-5-4-6-9(10)8-11(12)15(18-13)19-2/h4-7H,3,8H2,1-2H3. The van der Waals surface area contributed by atoms with E-state index >= 15 is 0 Å². The predicted molar refractivity (Wildman–Crippen MR) is 74.7 cm³/mol. The Morgan fingerprint density at radius 3 is 2.95 bits per heavy atom. The summed E-state index contributed by atoms with van der Waals surface area (Å²) in [5.74, 6) is -0.0399. The van der Waals surface area contributed by atoms with Gasteiger partial charge in [0.2, 0.25) is 5.76 Å². The van der Waals surface area contributed by atoms with Gasteiger partial charge < -0.3 is 9.15 Å². The first-order valence-corrected chi connectivity index (χ1v) is 7.43. The third-order valence-electron chi connectivity index (χ3n) is 3.27. The zero-order valence-corrected chi connectivity index (χ0v) is 11.7. The van der Waals surface area contributed by atoms with E-state index in [9.17, 15) is 4.79 Å². The van der Waals surface area contributed by atoms with Crippen molar-refractivity contribution in [2.45, 2.75) is 18.4 Å². The summed E-state index contributed by atoms with van der Waals surface area (Å²) < 4.78 is 10.8. The molecule has 0 unspecified atom stereocenters. The van der Waals surface area contributed by atoms with Crippen molar-refractivity contribution in [1.82, 2.24) is 0 Å². The van der Waals surface area contributed by atoms with Crippen LogP contribution in [0.1, 0.15) is 28.6 Å². The average Bonchev–Trinajstić information content (AvgIpc) is 2.95. The van der Waals surface area contributed by atoms with Gasteiger partial charge in [-0.3, -0.25) is 0 Å². The van der Waals surface area contributed by atoms with E-state index in [-0.39, 0.29) is 5.97 Å². The van der Waals surface area contributed by atoms with Crippen LogP contribution in [0.15, 0.2) is 33.8 Å². The summed E-state index contributed by atoms with van der Waals surface area (Å²) in [6.07, 6.45) is 2.78. The summed E-state index contributed by atoms with van der Waals surface area (Å²) in [4.78, 5) is 12.0. The number of carbonyl (C=O) groups excluding carboxylic acids is 1. The molecular weight excluding hydrogens is 260 g/mol. The SMILES string of the molecule is CCOC(=O)c1oc(SC)c2c1-c1ccccc1C2. The lowest BCUT2D eigenvalue weighted by molar-refractivity contribution is 0.0485. The van der Waals surface area contributed by atoms with Gasteiger partial charge in [-0.1, -0.05) is 36.0 Å². The summed E-state index contributed by atoms with van der Waals surface area (Å²) in [5.41, 5.74) is 4.35. The van der Waals surface area contributed by atoms with Gasteiger partial charge in [0.25, 0.3) is 0 Å². The number of hydrogen-bond donors (Lipinski definition) is 0. The normalized spacial score (nSPS) is 12.1. The molecule has 19 heavy (non-hydrogen) atoms. The van der Waals surface area contributed by atoms with Crippen molar-refractivity contribution in [3.63, 3.8) is 0 Å². The first kappa shape index (κ1) is 12.4. The highest BCUT2D eigenvalue weighted by molar-refractivity contribution is 7.98. The average molecular weight is 274 g/mol. The van der Waals surface area contributed by atoms with E-state index < -0.39 is 0 Å². The van der Waals surface area contributed by atoms with Crippen LogP contribution in [0.5, 0.6) is 0 Å². The van der Waals surface area contributed by atoms with E-state index in [2.05, 4.69) is 6.07 Å². The van der Waals surface area contributed by atoms with E-state index in [0.29, 0.717) is 12.4 Å². The van der Waals surface area contributed by atoms with E-state index in [4.69, 9.17) is 9.15 Å². The minimum Gasteiger partial charge on any atom is -0.460 e. The monoisotopic (exact) mass is 274 g/mol. The highest BCUT2D eigenvalue weighted by atomic mass is 32.2. The Hall–Kier alpha value is -1.68. The number of benzene rings is 1. The molecular formula is C15H14O3S. The molecule has 0 radical (unpaired) electrons. The highest BCUT2D eigenvalue weighted by Crippen LogP contribution is 2.45. The summed E-state index contributed by atoms with van der Waals surface area (Å²) in [7, 11) is 0. The lowest BCUT2D eigenvalue weighted by atomic mass is 10.1. The molecule has 0 amide bonds. The van der Waals surface area contributed by atoms with Crippen LogP contribution in [0.2, 0.25) is 0 Å². The maximum atomic E-state index is 12.0. The summed E-state index contributed by atoms with van der Waals surface area (Å²) in [6, 6.07) is 8.12. The van der Waals surface area contributed by atoms with Gasteiger partial charge >= 0.3 is 5.97 Å². The van der Waals surface area contributed by atoms with Gasteiger partial charge in [0, 0.05) is 17.5 Å². The number of furan rings is 1. The van der Waals surface area contributed by atoms with Crippen molar-refractivity contribution in [1.29, 1.82) is 0 Å². The third kappa shape index (κ3) is 1.87. The number of thioether (sulfide) groups is 1. The first-order chi connectivity index (χ1) is 9.26. The molecule has 0 atom stereocenters. The largest absolute Gasteiger partial charge is 0.460 e. The van der Waals surface area contributed by atoms with Crippen LogP contribution in [-0.2, 0) is 11.2 Å². The predicted octanol–water partition coefficient (Wildman–Crippen LogP) is 3.75. The van der Waals surface area contributed by atoms with Crippen molar-refractivity contribution in [3.8, 4) is 11.1 Å². The van der Waals surface area contributed by atoms with Gasteiger partial charge in [0.15, 0.2) is 5.09 Å². The molecule has 1 aliphatic rings. The summed E-state index contributed by atoms with van der Waals surface area (Å²) >= 11 is 1.53. The molecule has 0 bridgehead atoms. The van der Waals surface area contributed by atoms with Crippen LogP contribution in [0.3, 0.4) is 0 Å². The fraction of sp³-hybridized carbons (Fsp3) is 0.267. The Labute approximate surface area is 115 Å². The number of ether oxygens (including phenoxy) is 1. The Balaban J connectivity index is 2.17. The Bertz CT molecular complexity index is 643. The zero-order valence-electron chi connectivity index (χ0n) is 10.9. The topological polar surface area (TPSA) is 39.4 Å². The Morgan fingerprint density at radius 1 is 1.42 bits per heavy atom. The van der Waals surface area contributed by atoms with Crippen LogP contribution >= 0.6 is 11.8 Å². The summed E-state index contributed by atoms with van der Waals surface area (Å²) in [6.45, 7) is 2.15. The molecule has 1 aromatic carbocycles.